The lowest BCUT2D eigenvalue weighted by Gasteiger charge is -2.35. The third kappa shape index (κ3) is 4.14. The van der Waals surface area contributed by atoms with Crippen LogP contribution in [0.5, 0.6) is 5.75 Å². The van der Waals surface area contributed by atoms with Gasteiger partial charge in [-0.2, -0.15) is 5.10 Å². The van der Waals surface area contributed by atoms with Crippen molar-refractivity contribution in [3.05, 3.63) is 48.3 Å². The molecule has 2 aromatic rings. The van der Waals surface area contributed by atoms with Crippen LogP contribution in [0.15, 0.2) is 42.7 Å². The lowest BCUT2D eigenvalue weighted by atomic mass is 9.89. The van der Waals surface area contributed by atoms with E-state index in [4.69, 9.17) is 4.74 Å². The molecule has 1 amide bonds. The summed E-state index contributed by atoms with van der Waals surface area (Å²) >= 11 is 0. The molecule has 1 fully saturated rings. The first-order valence-corrected chi connectivity index (χ1v) is 8.30. The zero-order chi connectivity index (χ0) is 16.9. The highest BCUT2D eigenvalue weighted by Crippen LogP contribution is 2.24. The molecule has 3 atom stereocenters. The van der Waals surface area contributed by atoms with Crippen LogP contribution in [0, 0.1) is 6.92 Å². The van der Waals surface area contributed by atoms with Gasteiger partial charge in [-0.15, -0.1) is 0 Å². The third-order valence-corrected chi connectivity index (χ3v) is 4.24. The van der Waals surface area contributed by atoms with E-state index in [2.05, 4.69) is 10.4 Å². The SMILES string of the molecule is Cc1cnn(CC(=O)N[C@@H]2CCC[C@@H](Oc3ccccc3)[C@@H]2O)c1. The van der Waals surface area contributed by atoms with Crippen LogP contribution in [0.1, 0.15) is 24.8 Å². The number of hydrogen-bond acceptors (Lipinski definition) is 4. The normalized spacial score (nSPS) is 23.7. The number of aliphatic hydroxyl groups excluding tert-OH is 1. The quantitative estimate of drug-likeness (QED) is 0.875. The molecule has 3 rings (SSSR count). The van der Waals surface area contributed by atoms with Crippen LogP contribution in [0.3, 0.4) is 0 Å². The molecule has 1 saturated carbocycles. The molecule has 1 aromatic carbocycles. The van der Waals surface area contributed by atoms with E-state index >= 15 is 0 Å². The number of nitrogens with zero attached hydrogens (tertiary/aromatic N) is 2. The number of benzene rings is 1. The Morgan fingerprint density at radius 3 is 2.88 bits per heavy atom. The minimum atomic E-state index is -0.720. The Morgan fingerprint density at radius 2 is 2.17 bits per heavy atom. The number of rotatable bonds is 5. The highest BCUT2D eigenvalue weighted by Gasteiger charge is 2.34. The lowest BCUT2D eigenvalue weighted by Crippen LogP contribution is -2.53. The molecular weight excluding hydrogens is 306 g/mol. The van der Waals surface area contributed by atoms with Crippen LogP contribution in [-0.4, -0.2) is 39.0 Å². The van der Waals surface area contributed by atoms with Crippen molar-refractivity contribution in [1.82, 2.24) is 15.1 Å². The van der Waals surface area contributed by atoms with E-state index in [-0.39, 0.29) is 24.6 Å². The van der Waals surface area contributed by atoms with Gasteiger partial charge in [0.05, 0.1) is 12.2 Å². The van der Waals surface area contributed by atoms with Gasteiger partial charge in [-0.3, -0.25) is 9.48 Å². The predicted octanol–water partition coefficient (Wildman–Crippen LogP) is 1.67. The van der Waals surface area contributed by atoms with E-state index in [1.54, 1.807) is 10.9 Å². The number of aliphatic hydroxyl groups is 1. The molecule has 1 heterocycles. The molecule has 1 aliphatic carbocycles. The Balaban J connectivity index is 1.56. The Bertz CT molecular complexity index is 671. The maximum atomic E-state index is 12.2. The molecule has 6 nitrogen and oxygen atoms in total. The van der Waals surface area contributed by atoms with Gasteiger partial charge in [0.25, 0.3) is 0 Å². The highest BCUT2D eigenvalue weighted by atomic mass is 16.5. The van der Waals surface area contributed by atoms with E-state index < -0.39 is 6.10 Å². The number of hydrogen-bond donors (Lipinski definition) is 2. The Kier molecular flexibility index (Phi) is 5.15. The number of nitrogens with one attached hydrogen (secondary N) is 1. The molecule has 2 N–H and O–H groups in total. The van der Waals surface area contributed by atoms with Crippen molar-refractivity contribution in [3.8, 4) is 5.75 Å². The van der Waals surface area contributed by atoms with Crippen LogP contribution in [0.25, 0.3) is 0 Å². The minimum absolute atomic E-state index is 0.150. The summed E-state index contributed by atoms with van der Waals surface area (Å²) in [5.74, 6) is 0.586. The summed E-state index contributed by atoms with van der Waals surface area (Å²) in [5, 5.41) is 17.6. The fourth-order valence-corrected chi connectivity index (χ4v) is 3.05. The molecule has 0 saturated heterocycles. The largest absolute Gasteiger partial charge is 0.488 e. The molecule has 128 valence electrons. The van der Waals surface area contributed by atoms with Crippen LogP contribution in [0.2, 0.25) is 0 Å². The number of carbonyl (C=O) groups excluding carboxylic acids is 1. The number of carbonyl (C=O) groups is 1. The smallest absolute Gasteiger partial charge is 0.242 e. The van der Waals surface area contributed by atoms with E-state index in [1.165, 1.54) is 0 Å². The monoisotopic (exact) mass is 329 g/mol. The molecule has 0 radical (unpaired) electrons. The van der Waals surface area contributed by atoms with Gasteiger partial charge in [0, 0.05) is 6.20 Å². The average molecular weight is 329 g/mol. The first-order valence-electron chi connectivity index (χ1n) is 8.30. The lowest BCUT2D eigenvalue weighted by molar-refractivity contribution is -0.124. The number of aromatic nitrogens is 2. The van der Waals surface area contributed by atoms with E-state index in [9.17, 15) is 9.90 Å². The van der Waals surface area contributed by atoms with Crippen LogP contribution >= 0.6 is 0 Å². The molecule has 0 unspecified atom stereocenters. The first-order chi connectivity index (χ1) is 11.6. The molecule has 0 bridgehead atoms. The van der Waals surface area contributed by atoms with Crippen molar-refractivity contribution in [2.45, 2.75) is 51.0 Å². The summed E-state index contributed by atoms with van der Waals surface area (Å²) in [6.07, 6.45) is 4.94. The number of para-hydroxylation sites is 1. The number of amides is 1. The van der Waals surface area contributed by atoms with Crippen molar-refractivity contribution in [3.63, 3.8) is 0 Å². The van der Waals surface area contributed by atoms with Gasteiger partial charge in [-0.25, -0.2) is 0 Å². The van der Waals surface area contributed by atoms with Gasteiger partial charge in [0.1, 0.15) is 24.5 Å². The third-order valence-electron chi connectivity index (χ3n) is 4.24. The zero-order valence-corrected chi connectivity index (χ0v) is 13.8. The van der Waals surface area contributed by atoms with Crippen LogP contribution in [-0.2, 0) is 11.3 Å². The fourth-order valence-electron chi connectivity index (χ4n) is 3.05. The van der Waals surface area contributed by atoms with Crippen LogP contribution in [0.4, 0.5) is 0 Å². The average Bonchev–Trinajstić information content (AvgIpc) is 2.97. The van der Waals surface area contributed by atoms with Gasteiger partial charge in [0.2, 0.25) is 5.91 Å². The van der Waals surface area contributed by atoms with Crippen molar-refractivity contribution < 1.29 is 14.6 Å². The fraction of sp³-hybridized carbons (Fsp3) is 0.444. The second-order valence-electron chi connectivity index (χ2n) is 6.28. The Hall–Kier alpha value is -2.34. The number of ether oxygens (including phenoxy) is 1. The summed E-state index contributed by atoms with van der Waals surface area (Å²) in [6.45, 7) is 2.08. The van der Waals surface area contributed by atoms with Crippen molar-refractivity contribution in [1.29, 1.82) is 0 Å². The van der Waals surface area contributed by atoms with Crippen molar-refractivity contribution in [2.24, 2.45) is 0 Å². The maximum Gasteiger partial charge on any atom is 0.242 e. The molecule has 1 aromatic heterocycles. The predicted molar refractivity (Wildman–Crippen MR) is 89.6 cm³/mol. The van der Waals surface area contributed by atoms with E-state index in [0.717, 1.165) is 30.6 Å². The Morgan fingerprint density at radius 1 is 1.38 bits per heavy atom. The molecule has 6 heteroatoms. The molecule has 24 heavy (non-hydrogen) atoms. The summed E-state index contributed by atoms with van der Waals surface area (Å²) < 4.78 is 7.48. The molecule has 0 aliphatic heterocycles. The second-order valence-corrected chi connectivity index (χ2v) is 6.28. The zero-order valence-electron chi connectivity index (χ0n) is 13.8. The topological polar surface area (TPSA) is 76.4 Å². The second kappa shape index (κ2) is 7.49. The van der Waals surface area contributed by atoms with Gasteiger partial charge < -0.3 is 15.2 Å². The van der Waals surface area contributed by atoms with Gasteiger partial charge in [0.15, 0.2) is 0 Å². The van der Waals surface area contributed by atoms with Gasteiger partial charge in [-0.05, 0) is 43.9 Å². The van der Waals surface area contributed by atoms with E-state index in [0.29, 0.717) is 0 Å². The summed E-state index contributed by atoms with van der Waals surface area (Å²) in [4.78, 5) is 12.2. The summed E-state index contributed by atoms with van der Waals surface area (Å²) in [5.41, 5.74) is 1.01. The van der Waals surface area contributed by atoms with Gasteiger partial charge in [-0.1, -0.05) is 18.2 Å². The van der Waals surface area contributed by atoms with Gasteiger partial charge >= 0.3 is 0 Å². The highest BCUT2D eigenvalue weighted by molar-refractivity contribution is 5.76. The molecule has 0 spiro atoms. The summed E-state index contributed by atoms with van der Waals surface area (Å²) in [6, 6.07) is 9.16. The standard InChI is InChI=1S/C18H23N3O3/c1-13-10-19-21(11-13)12-17(22)20-15-8-5-9-16(18(15)23)24-14-6-3-2-4-7-14/h2-4,6-7,10-11,15-16,18,23H,5,8-9,12H2,1H3,(H,20,22)/t15-,16-,18-/m1/s1. The molecule has 1 aliphatic rings. The van der Waals surface area contributed by atoms with Crippen LogP contribution < -0.4 is 10.1 Å². The minimum Gasteiger partial charge on any atom is -0.488 e. The molecular formula is C18H23N3O3. The maximum absolute atomic E-state index is 12.2. The van der Waals surface area contributed by atoms with E-state index in [1.807, 2.05) is 43.5 Å². The first kappa shape index (κ1) is 16.5. The van der Waals surface area contributed by atoms with Crippen molar-refractivity contribution >= 4 is 5.91 Å². The summed E-state index contributed by atoms with van der Waals surface area (Å²) in [7, 11) is 0. The van der Waals surface area contributed by atoms with Crippen molar-refractivity contribution in [2.75, 3.05) is 0 Å². The Labute approximate surface area is 141 Å². The number of aryl methyl sites for hydroxylation is 1.